The Kier molecular flexibility index (Phi) is 12.0. The average Bonchev–Trinajstić information content (AvgIpc) is 3.15. The summed E-state index contributed by atoms with van der Waals surface area (Å²) in [7, 11) is 0. The molecule has 0 radical (unpaired) electrons. The van der Waals surface area contributed by atoms with Gasteiger partial charge in [0.15, 0.2) is 35.9 Å². The predicted octanol–water partition coefficient (Wildman–Crippen LogP) is -4.89. The predicted molar refractivity (Wildman–Crippen MR) is 174 cm³/mol. The van der Waals surface area contributed by atoms with Crippen LogP contribution in [-0.2, 0) is 23.7 Å². The lowest BCUT2D eigenvalue weighted by Gasteiger charge is -2.48. The van der Waals surface area contributed by atoms with E-state index in [-0.39, 0.29) is 11.1 Å². The van der Waals surface area contributed by atoms with Crippen molar-refractivity contribution in [2.45, 2.75) is 92.1 Å². The molecule has 1 aromatic heterocycles. The molecule has 0 spiro atoms. The fourth-order valence-electron chi connectivity index (χ4n) is 6.44. The summed E-state index contributed by atoms with van der Waals surface area (Å²) in [4.78, 5) is 14.0. The molecule has 6 rings (SSSR count). The standard InChI is InChI=1S/C33H40O22/c34-6-15-19(41)23(45)26(48)31(50-15)54-29-24(46)20(42)17(8-36)52-33(29)55-30-25(47)21(43)16(7-35)51-32(30)53-28-22(44)18-13(40)4-10(37)5-14(18)49-27(28)9-1-2-11(38)12(39)3-9/h1-5,15-17,19-21,23-26,29-43,45-48H,6-8H2/t15-,16-,17-,19-,20-,21-,23+,24+,25+,26-,29-,30-,31+,32+,33+/m1/s1. The van der Waals surface area contributed by atoms with Gasteiger partial charge in [0.05, 0.1) is 19.8 Å². The van der Waals surface area contributed by atoms with Crippen LogP contribution in [0.5, 0.6) is 28.7 Å². The monoisotopic (exact) mass is 788 g/mol. The fourth-order valence-corrected chi connectivity index (χ4v) is 6.44. The zero-order chi connectivity index (χ0) is 40.0. The van der Waals surface area contributed by atoms with Gasteiger partial charge >= 0.3 is 0 Å². The third kappa shape index (κ3) is 7.63. The van der Waals surface area contributed by atoms with Gasteiger partial charge in [-0.1, -0.05) is 0 Å². The number of hydrogen-bond donors (Lipinski definition) is 14. The van der Waals surface area contributed by atoms with Crippen molar-refractivity contribution in [3.8, 4) is 40.1 Å². The summed E-state index contributed by atoms with van der Waals surface area (Å²) >= 11 is 0. The van der Waals surface area contributed by atoms with E-state index >= 15 is 0 Å². The van der Waals surface area contributed by atoms with Gasteiger partial charge in [0, 0.05) is 17.7 Å². The number of ether oxygens (including phenoxy) is 6. The number of benzene rings is 2. The minimum Gasteiger partial charge on any atom is -0.508 e. The van der Waals surface area contributed by atoms with Crippen LogP contribution in [0.2, 0.25) is 0 Å². The third-order valence-electron chi connectivity index (χ3n) is 9.47. The number of phenols is 4. The van der Waals surface area contributed by atoms with Gasteiger partial charge in [-0.2, -0.15) is 0 Å². The minimum atomic E-state index is -2.12. The molecule has 0 amide bonds. The number of aliphatic hydroxyl groups excluding tert-OH is 10. The highest BCUT2D eigenvalue weighted by Gasteiger charge is 2.54. The lowest BCUT2D eigenvalue weighted by atomic mass is 9.96. The van der Waals surface area contributed by atoms with Crippen LogP contribution in [0.4, 0.5) is 0 Å². The second kappa shape index (κ2) is 16.3. The normalized spacial score (nSPS) is 36.9. The lowest BCUT2D eigenvalue weighted by Crippen LogP contribution is -2.67. The average molecular weight is 789 g/mol. The van der Waals surface area contributed by atoms with E-state index in [1.807, 2.05) is 0 Å². The maximum atomic E-state index is 14.0. The van der Waals surface area contributed by atoms with Crippen LogP contribution in [0.15, 0.2) is 39.5 Å². The lowest BCUT2D eigenvalue weighted by molar-refractivity contribution is -0.389. The van der Waals surface area contributed by atoms with Gasteiger partial charge in [-0.15, -0.1) is 0 Å². The Hall–Kier alpha value is -3.95. The number of aliphatic hydroxyl groups is 10. The van der Waals surface area contributed by atoms with Crippen molar-refractivity contribution >= 4 is 11.0 Å². The van der Waals surface area contributed by atoms with Gasteiger partial charge < -0.3 is 104 Å². The molecule has 22 heteroatoms. The van der Waals surface area contributed by atoms with Crippen LogP contribution >= 0.6 is 0 Å². The maximum absolute atomic E-state index is 14.0. The molecule has 55 heavy (non-hydrogen) atoms. The van der Waals surface area contributed by atoms with Crippen LogP contribution in [0.1, 0.15) is 0 Å². The number of hydrogen-bond acceptors (Lipinski definition) is 22. The molecule has 15 atom stereocenters. The second-order valence-corrected chi connectivity index (χ2v) is 13.1. The van der Waals surface area contributed by atoms with Crippen LogP contribution in [0, 0.1) is 0 Å². The first kappa shape index (κ1) is 40.7. The Labute approximate surface area is 307 Å². The van der Waals surface area contributed by atoms with Gasteiger partial charge in [-0.05, 0) is 18.2 Å². The largest absolute Gasteiger partial charge is 0.508 e. The van der Waals surface area contributed by atoms with Crippen molar-refractivity contribution in [3.63, 3.8) is 0 Å². The Bertz CT molecular complexity index is 1870. The van der Waals surface area contributed by atoms with Gasteiger partial charge in [-0.25, -0.2) is 0 Å². The summed E-state index contributed by atoms with van der Waals surface area (Å²) in [6.07, 6.45) is -28.7. The number of aromatic hydroxyl groups is 4. The molecule has 3 aromatic rings. The molecule has 0 bridgehead atoms. The van der Waals surface area contributed by atoms with Crippen molar-refractivity contribution in [3.05, 3.63) is 40.6 Å². The summed E-state index contributed by atoms with van der Waals surface area (Å²) in [5.74, 6) is -3.88. The molecule has 3 saturated heterocycles. The van der Waals surface area contributed by atoms with Crippen molar-refractivity contribution in [2.24, 2.45) is 0 Å². The molecule has 2 aromatic carbocycles. The molecule has 3 aliphatic rings. The van der Waals surface area contributed by atoms with E-state index in [1.165, 1.54) is 6.07 Å². The summed E-state index contributed by atoms with van der Waals surface area (Å²) < 4.78 is 40.0. The van der Waals surface area contributed by atoms with Gasteiger partial charge in [-0.3, -0.25) is 4.79 Å². The van der Waals surface area contributed by atoms with E-state index < -0.39 is 157 Å². The molecule has 304 valence electrons. The van der Waals surface area contributed by atoms with Gasteiger partial charge in [0.25, 0.3) is 0 Å². The van der Waals surface area contributed by atoms with E-state index in [4.69, 9.17) is 32.8 Å². The Balaban J connectivity index is 1.41. The number of fused-ring (bicyclic) bond motifs is 1. The zero-order valence-electron chi connectivity index (χ0n) is 28.2. The van der Waals surface area contributed by atoms with E-state index in [2.05, 4.69) is 0 Å². The highest BCUT2D eigenvalue weighted by Crippen LogP contribution is 2.40. The summed E-state index contributed by atoms with van der Waals surface area (Å²) in [5.41, 5.74) is -1.66. The van der Waals surface area contributed by atoms with Crippen molar-refractivity contribution in [2.75, 3.05) is 19.8 Å². The SMILES string of the molecule is O=c1c(O[C@@H]2O[C@H](CO)[C@@H](O)[C@H](O)[C@H]2O[C@@H]2O[C@H](CO)[C@@H](O)[C@H](O)[C@H]2O[C@@H]2O[C@H](CO)[C@@H](O)[C@H](O)[C@H]2O)c(-c2ccc(O)c(O)c2)oc2cc(O)cc(O)c12. The van der Waals surface area contributed by atoms with E-state index in [0.717, 1.165) is 24.3 Å². The molecule has 0 saturated carbocycles. The van der Waals surface area contributed by atoms with Crippen molar-refractivity contribution in [1.29, 1.82) is 0 Å². The van der Waals surface area contributed by atoms with E-state index in [0.29, 0.717) is 0 Å². The quantitative estimate of drug-likeness (QED) is 0.0856. The van der Waals surface area contributed by atoms with Crippen LogP contribution < -0.4 is 10.2 Å². The molecule has 0 unspecified atom stereocenters. The maximum Gasteiger partial charge on any atom is 0.239 e. The highest BCUT2D eigenvalue weighted by molar-refractivity contribution is 5.88. The molecule has 0 aliphatic carbocycles. The molecular weight excluding hydrogens is 748 g/mol. The van der Waals surface area contributed by atoms with Crippen LogP contribution in [-0.4, -0.2) is 183 Å². The Morgan fingerprint density at radius 3 is 1.67 bits per heavy atom. The Morgan fingerprint density at radius 2 is 1.09 bits per heavy atom. The first-order valence-electron chi connectivity index (χ1n) is 16.7. The first-order chi connectivity index (χ1) is 26.1. The van der Waals surface area contributed by atoms with Crippen LogP contribution in [0.3, 0.4) is 0 Å². The molecular formula is C33H40O22. The summed E-state index contributed by atoms with van der Waals surface area (Å²) in [5, 5.41) is 145. The smallest absolute Gasteiger partial charge is 0.239 e. The van der Waals surface area contributed by atoms with E-state index in [9.17, 15) is 76.3 Å². The van der Waals surface area contributed by atoms with Crippen LogP contribution in [0.25, 0.3) is 22.3 Å². The van der Waals surface area contributed by atoms with E-state index in [1.54, 1.807) is 0 Å². The topological polar surface area (TPSA) is 369 Å². The number of rotatable bonds is 10. The Morgan fingerprint density at radius 1 is 0.564 bits per heavy atom. The molecule has 22 nitrogen and oxygen atoms in total. The van der Waals surface area contributed by atoms with Crippen molar-refractivity contribution < 1.29 is 104 Å². The van der Waals surface area contributed by atoms with Crippen molar-refractivity contribution in [1.82, 2.24) is 0 Å². The highest BCUT2D eigenvalue weighted by atomic mass is 16.8. The molecule has 4 heterocycles. The molecule has 3 fully saturated rings. The minimum absolute atomic E-state index is 0.133. The van der Waals surface area contributed by atoms with Gasteiger partial charge in [0.1, 0.15) is 89.6 Å². The first-order valence-corrected chi connectivity index (χ1v) is 16.7. The summed E-state index contributed by atoms with van der Waals surface area (Å²) in [6.45, 7) is -2.76. The zero-order valence-corrected chi connectivity index (χ0v) is 28.2. The molecule has 14 N–H and O–H groups in total. The number of phenolic OH excluding ortho intramolecular Hbond substituents is 4. The van der Waals surface area contributed by atoms with Gasteiger partial charge in [0.2, 0.25) is 17.5 Å². The fraction of sp³-hybridized carbons (Fsp3) is 0.545. The molecule has 3 aliphatic heterocycles. The third-order valence-corrected chi connectivity index (χ3v) is 9.47. The summed E-state index contributed by atoms with van der Waals surface area (Å²) in [6, 6.07) is 4.95. The second-order valence-electron chi connectivity index (χ2n) is 13.1.